The van der Waals surface area contributed by atoms with Crippen LogP contribution in [0.2, 0.25) is 10.0 Å². The quantitative estimate of drug-likeness (QED) is 0.688. The number of hydrogen-bond acceptors (Lipinski definition) is 2. The van der Waals surface area contributed by atoms with Crippen molar-refractivity contribution in [3.63, 3.8) is 0 Å². The molecule has 2 N–H and O–H groups in total. The highest BCUT2D eigenvalue weighted by molar-refractivity contribution is 6.36. The first-order valence-electron chi connectivity index (χ1n) is 7.29. The minimum atomic E-state index is -0.971. The van der Waals surface area contributed by atoms with Crippen LogP contribution in [0, 0.1) is 6.92 Å². The van der Waals surface area contributed by atoms with Gasteiger partial charge in [0.1, 0.15) is 6.10 Å². The van der Waals surface area contributed by atoms with E-state index < -0.39 is 6.10 Å². The van der Waals surface area contributed by atoms with Crippen molar-refractivity contribution in [2.75, 3.05) is 6.61 Å². The average Bonchev–Trinajstić information content (AvgIpc) is 2.53. The Morgan fingerprint density at radius 1 is 1.04 bits per heavy atom. The van der Waals surface area contributed by atoms with Gasteiger partial charge in [0.15, 0.2) is 0 Å². The van der Waals surface area contributed by atoms with E-state index in [-0.39, 0.29) is 6.61 Å². The highest BCUT2D eigenvalue weighted by atomic mass is 35.5. The Hall–Kier alpha value is -1.58. The van der Waals surface area contributed by atoms with Gasteiger partial charge in [-0.1, -0.05) is 59.6 Å². The molecule has 1 atom stereocenters. The van der Waals surface area contributed by atoms with E-state index in [1.54, 1.807) is 12.1 Å². The van der Waals surface area contributed by atoms with Crippen LogP contribution < -0.4 is 0 Å². The second-order valence-corrected chi connectivity index (χ2v) is 6.37. The summed E-state index contributed by atoms with van der Waals surface area (Å²) in [7, 11) is 0. The monoisotopic (exact) mass is 346 g/mol. The average molecular weight is 347 g/mol. The summed E-state index contributed by atoms with van der Waals surface area (Å²) in [6.45, 7) is 1.57. The summed E-state index contributed by atoms with van der Waals surface area (Å²) in [5.41, 5.74) is 3.23. The molecule has 23 heavy (non-hydrogen) atoms. The van der Waals surface area contributed by atoms with E-state index >= 15 is 0 Å². The first-order chi connectivity index (χ1) is 11.0. The molecule has 0 aliphatic carbocycles. The number of aryl methyl sites for hydroxylation is 1. The number of aliphatic hydroxyl groups excluding tert-OH is 2. The van der Waals surface area contributed by atoms with E-state index in [9.17, 15) is 10.2 Å². The molecule has 2 nitrogen and oxygen atoms in total. The maximum Gasteiger partial charge on any atom is 0.103 e. The number of halogens is 2. The van der Waals surface area contributed by atoms with Crippen molar-refractivity contribution in [2.24, 2.45) is 0 Å². The summed E-state index contributed by atoms with van der Waals surface area (Å²) >= 11 is 12.4. The predicted octanol–water partition coefficient (Wildman–Crippen LogP) is 5.15. The maximum atomic E-state index is 10.3. The zero-order valence-electron chi connectivity index (χ0n) is 12.6. The normalized spacial score (nSPS) is 12.6. The van der Waals surface area contributed by atoms with Gasteiger partial charge in [0.05, 0.1) is 6.61 Å². The van der Waals surface area contributed by atoms with Crippen LogP contribution in [0.15, 0.2) is 48.5 Å². The van der Waals surface area contributed by atoms with Gasteiger partial charge in [-0.3, -0.25) is 0 Å². The molecule has 0 bridgehead atoms. The SMILES string of the molecule is Cc1cc2ccccc2c(-c2ccc(Cl)cc2Cl)c1[C@H](O)CO. The smallest absolute Gasteiger partial charge is 0.103 e. The third-order valence-corrected chi connectivity index (χ3v) is 4.55. The van der Waals surface area contributed by atoms with Gasteiger partial charge in [-0.25, -0.2) is 0 Å². The van der Waals surface area contributed by atoms with Crippen LogP contribution in [0.25, 0.3) is 21.9 Å². The fourth-order valence-electron chi connectivity index (χ4n) is 3.01. The lowest BCUT2D eigenvalue weighted by atomic mass is 9.87. The summed E-state index contributed by atoms with van der Waals surface area (Å²) in [5, 5.41) is 22.9. The molecule has 3 rings (SSSR count). The molecule has 0 saturated carbocycles. The van der Waals surface area contributed by atoms with Gasteiger partial charge in [0.2, 0.25) is 0 Å². The van der Waals surface area contributed by atoms with E-state index in [1.807, 2.05) is 43.3 Å². The van der Waals surface area contributed by atoms with Crippen molar-refractivity contribution in [3.8, 4) is 11.1 Å². The Kier molecular flexibility index (Phi) is 4.60. The lowest BCUT2D eigenvalue weighted by molar-refractivity contribution is 0.0956. The summed E-state index contributed by atoms with van der Waals surface area (Å²) in [6.07, 6.45) is -0.971. The van der Waals surface area contributed by atoms with Crippen LogP contribution >= 0.6 is 23.2 Å². The van der Waals surface area contributed by atoms with E-state index in [2.05, 4.69) is 0 Å². The number of aliphatic hydroxyl groups is 2. The van der Waals surface area contributed by atoms with Gasteiger partial charge in [-0.2, -0.15) is 0 Å². The molecule has 0 radical (unpaired) electrons. The van der Waals surface area contributed by atoms with E-state index in [1.165, 1.54) is 0 Å². The standard InChI is InChI=1S/C19H16Cl2O2/c1-11-8-12-4-2-3-5-14(12)19(18(11)17(23)10-22)15-7-6-13(20)9-16(15)21/h2-9,17,22-23H,10H2,1H3/t17-/m1/s1. The van der Waals surface area contributed by atoms with Crippen molar-refractivity contribution in [3.05, 3.63) is 69.7 Å². The number of benzene rings is 3. The fourth-order valence-corrected chi connectivity index (χ4v) is 3.51. The molecule has 3 aromatic carbocycles. The predicted molar refractivity (Wildman–Crippen MR) is 96.2 cm³/mol. The van der Waals surface area contributed by atoms with Crippen LogP contribution in [-0.2, 0) is 0 Å². The molecular formula is C19H16Cl2O2. The third kappa shape index (κ3) is 2.96. The number of fused-ring (bicyclic) bond motifs is 1. The molecule has 0 heterocycles. The summed E-state index contributed by atoms with van der Waals surface area (Å²) in [5.74, 6) is 0. The van der Waals surface area contributed by atoms with E-state index in [0.717, 1.165) is 27.5 Å². The first-order valence-corrected chi connectivity index (χ1v) is 8.05. The van der Waals surface area contributed by atoms with Crippen LogP contribution in [0.4, 0.5) is 0 Å². The zero-order valence-corrected chi connectivity index (χ0v) is 14.1. The minimum Gasteiger partial charge on any atom is -0.393 e. The summed E-state index contributed by atoms with van der Waals surface area (Å²) < 4.78 is 0. The molecular weight excluding hydrogens is 331 g/mol. The van der Waals surface area contributed by atoms with Crippen LogP contribution in [0.3, 0.4) is 0 Å². The van der Waals surface area contributed by atoms with Gasteiger partial charge in [0.25, 0.3) is 0 Å². The van der Waals surface area contributed by atoms with Crippen molar-refractivity contribution in [2.45, 2.75) is 13.0 Å². The second kappa shape index (κ2) is 6.50. The Labute approximate surface area is 144 Å². The molecule has 0 unspecified atom stereocenters. The van der Waals surface area contributed by atoms with Gasteiger partial charge >= 0.3 is 0 Å². The molecule has 0 aliphatic rings. The fraction of sp³-hybridized carbons (Fsp3) is 0.158. The van der Waals surface area contributed by atoms with Gasteiger partial charge in [-0.05, 0) is 46.5 Å². The van der Waals surface area contributed by atoms with Crippen LogP contribution in [0.1, 0.15) is 17.2 Å². The Balaban J connectivity index is 2.44. The van der Waals surface area contributed by atoms with Crippen molar-refractivity contribution in [1.82, 2.24) is 0 Å². The Bertz CT molecular complexity index is 875. The van der Waals surface area contributed by atoms with Crippen LogP contribution in [-0.4, -0.2) is 16.8 Å². The number of rotatable bonds is 3. The second-order valence-electron chi connectivity index (χ2n) is 5.53. The highest BCUT2D eigenvalue weighted by Gasteiger charge is 2.20. The molecule has 3 aromatic rings. The molecule has 0 amide bonds. The number of hydrogen-bond donors (Lipinski definition) is 2. The Morgan fingerprint density at radius 2 is 1.78 bits per heavy atom. The van der Waals surface area contributed by atoms with E-state index in [0.29, 0.717) is 15.6 Å². The molecule has 4 heteroatoms. The minimum absolute atomic E-state index is 0.350. The van der Waals surface area contributed by atoms with Crippen molar-refractivity contribution >= 4 is 34.0 Å². The zero-order chi connectivity index (χ0) is 16.6. The van der Waals surface area contributed by atoms with Crippen LogP contribution in [0.5, 0.6) is 0 Å². The van der Waals surface area contributed by atoms with Gasteiger partial charge < -0.3 is 10.2 Å². The van der Waals surface area contributed by atoms with Gasteiger partial charge in [-0.15, -0.1) is 0 Å². The lowest BCUT2D eigenvalue weighted by Crippen LogP contribution is -2.07. The van der Waals surface area contributed by atoms with E-state index in [4.69, 9.17) is 23.2 Å². The molecule has 0 spiro atoms. The Morgan fingerprint density at radius 3 is 2.48 bits per heavy atom. The molecule has 0 aliphatic heterocycles. The first kappa shape index (κ1) is 16.3. The summed E-state index contributed by atoms with van der Waals surface area (Å²) in [4.78, 5) is 0. The summed E-state index contributed by atoms with van der Waals surface area (Å²) in [6, 6.07) is 15.2. The van der Waals surface area contributed by atoms with Crippen molar-refractivity contribution < 1.29 is 10.2 Å². The maximum absolute atomic E-state index is 10.3. The van der Waals surface area contributed by atoms with Crippen molar-refractivity contribution in [1.29, 1.82) is 0 Å². The lowest BCUT2D eigenvalue weighted by Gasteiger charge is -2.20. The largest absolute Gasteiger partial charge is 0.393 e. The molecule has 0 saturated heterocycles. The molecule has 0 fully saturated rings. The topological polar surface area (TPSA) is 40.5 Å². The molecule has 0 aromatic heterocycles. The van der Waals surface area contributed by atoms with Gasteiger partial charge in [0, 0.05) is 15.6 Å². The third-order valence-electron chi connectivity index (χ3n) is 4.00. The highest BCUT2D eigenvalue weighted by Crippen LogP contribution is 2.41. The molecule has 118 valence electrons.